The van der Waals surface area contributed by atoms with E-state index in [1.54, 1.807) is 6.20 Å². The summed E-state index contributed by atoms with van der Waals surface area (Å²) in [6.07, 6.45) is 0.883. The SMILES string of the molecule is O=c1[nH]c2c(O)ccc(C(O)C(O)NCCc3cccc(CNCCc4ccccn4)c3)c2s1. The van der Waals surface area contributed by atoms with Crippen LogP contribution in [0, 0.1) is 0 Å². The van der Waals surface area contributed by atoms with Crippen LogP contribution in [0.25, 0.3) is 10.2 Å². The second kappa shape index (κ2) is 11.4. The van der Waals surface area contributed by atoms with Crippen molar-refractivity contribution in [2.75, 3.05) is 13.1 Å². The van der Waals surface area contributed by atoms with Gasteiger partial charge in [0.05, 0.1) is 4.70 Å². The molecule has 0 radical (unpaired) electrons. The first kappa shape index (κ1) is 24.1. The Kier molecular flexibility index (Phi) is 8.04. The summed E-state index contributed by atoms with van der Waals surface area (Å²) < 4.78 is 0.432. The Morgan fingerprint density at radius 2 is 1.85 bits per heavy atom. The molecule has 2 aromatic carbocycles. The Bertz CT molecular complexity index is 1270. The number of aromatic nitrogens is 2. The number of aliphatic hydroxyl groups excluding tert-OH is 2. The molecule has 2 unspecified atom stereocenters. The van der Waals surface area contributed by atoms with E-state index >= 15 is 0 Å². The molecule has 0 aliphatic heterocycles. The highest BCUT2D eigenvalue weighted by Crippen LogP contribution is 2.32. The van der Waals surface area contributed by atoms with Crippen molar-refractivity contribution < 1.29 is 15.3 Å². The number of thiazole rings is 1. The Morgan fingerprint density at radius 3 is 2.68 bits per heavy atom. The maximum atomic E-state index is 11.7. The average Bonchev–Trinajstić information content (AvgIpc) is 3.25. The van der Waals surface area contributed by atoms with Crippen molar-refractivity contribution >= 4 is 21.6 Å². The van der Waals surface area contributed by atoms with Crippen LogP contribution in [0.5, 0.6) is 5.75 Å². The summed E-state index contributed by atoms with van der Waals surface area (Å²) in [5.74, 6) is -0.0714. The first-order chi connectivity index (χ1) is 16.5. The third-order valence-electron chi connectivity index (χ3n) is 5.58. The molecule has 0 amide bonds. The molecular weight excluding hydrogens is 452 g/mol. The van der Waals surface area contributed by atoms with E-state index in [-0.39, 0.29) is 16.1 Å². The first-order valence-electron chi connectivity index (χ1n) is 11.1. The third kappa shape index (κ3) is 6.07. The Hall–Kier alpha value is -3.08. The number of nitrogens with zero attached hydrogens (tertiary/aromatic N) is 1. The van der Waals surface area contributed by atoms with Gasteiger partial charge in [0.25, 0.3) is 0 Å². The van der Waals surface area contributed by atoms with Crippen molar-refractivity contribution in [1.29, 1.82) is 0 Å². The third-order valence-corrected chi connectivity index (χ3v) is 6.51. The van der Waals surface area contributed by atoms with E-state index in [1.165, 1.54) is 17.7 Å². The quantitative estimate of drug-likeness (QED) is 0.143. The zero-order valence-electron chi connectivity index (χ0n) is 18.6. The van der Waals surface area contributed by atoms with Crippen LogP contribution < -0.4 is 15.5 Å². The van der Waals surface area contributed by atoms with Crippen LogP contribution in [0.15, 0.2) is 65.6 Å². The van der Waals surface area contributed by atoms with Gasteiger partial charge in [-0.1, -0.05) is 47.7 Å². The molecule has 0 saturated heterocycles. The molecule has 34 heavy (non-hydrogen) atoms. The summed E-state index contributed by atoms with van der Waals surface area (Å²) in [6, 6.07) is 17.1. The highest BCUT2D eigenvalue weighted by atomic mass is 32.1. The lowest BCUT2D eigenvalue weighted by molar-refractivity contribution is -0.00168. The summed E-state index contributed by atoms with van der Waals surface area (Å²) >= 11 is 0.888. The van der Waals surface area contributed by atoms with Gasteiger partial charge in [-0.3, -0.25) is 15.1 Å². The molecule has 0 fully saturated rings. The van der Waals surface area contributed by atoms with E-state index in [4.69, 9.17) is 0 Å². The van der Waals surface area contributed by atoms with Gasteiger partial charge >= 0.3 is 4.87 Å². The molecule has 4 aromatic rings. The zero-order valence-corrected chi connectivity index (χ0v) is 19.4. The minimum atomic E-state index is -1.25. The van der Waals surface area contributed by atoms with Crippen molar-refractivity contribution in [2.24, 2.45) is 0 Å². The van der Waals surface area contributed by atoms with Crippen LogP contribution in [0.4, 0.5) is 0 Å². The molecule has 2 aromatic heterocycles. The van der Waals surface area contributed by atoms with Crippen molar-refractivity contribution in [2.45, 2.75) is 31.7 Å². The van der Waals surface area contributed by atoms with Gasteiger partial charge in [-0.15, -0.1) is 0 Å². The summed E-state index contributed by atoms with van der Waals surface area (Å²) in [5.41, 5.74) is 4.01. The van der Waals surface area contributed by atoms with E-state index in [2.05, 4.69) is 32.7 Å². The summed E-state index contributed by atoms with van der Waals surface area (Å²) in [5, 5.41) is 37.4. The number of phenols is 1. The standard InChI is InChI=1S/C25H28N4O4S/c30-20-8-7-19(23-21(20)29-25(33)34-23)22(31)24(32)28-13-9-16-4-3-5-17(14-16)15-26-12-10-18-6-1-2-11-27-18/h1-8,11,14,22,24,26,28,30-32H,9-10,12-13,15H2,(H,29,33). The molecular formula is C25H28N4O4S. The number of rotatable bonds is 11. The van der Waals surface area contributed by atoms with Crippen LogP contribution in [0.3, 0.4) is 0 Å². The van der Waals surface area contributed by atoms with E-state index in [0.717, 1.165) is 42.1 Å². The van der Waals surface area contributed by atoms with Gasteiger partial charge in [0.1, 0.15) is 23.6 Å². The molecule has 0 aliphatic carbocycles. The molecule has 8 nitrogen and oxygen atoms in total. The molecule has 0 saturated carbocycles. The van der Waals surface area contributed by atoms with Gasteiger partial charge in [-0.25, -0.2) is 0 Å². The molecule has 178 valence electrons. The summed E-state index contributed by atoms with van der Waals surface area (Å²) in [6.45, 7) is 2.05. The molecule has 2 atom stereocenters. The molecule has 9 heteroatoms. The van der Waals surface area contributed by atoms with Gasteiger partial charge < -0.3 is 25.6 Å². The van der Waals surface area contributed by atoms with Crippen LogP contribution in [-0.4, -0.2) is 44.6 Å². The minimum absolute atomic E-state index is 0.0714. The Labute approximate surface area is 201 Å². The van der Waals surface area contributed by atoms with Crippen molar-refractivity contribution in [1.82, 2.24) is 20.6 Å². The number of fused-ring (bicyclic) bond motifs is 1. The molecule has 2 heterocycles. The van der Waals surface area contributed by atoms with Crippen molar-refractivity contribution in [3.05, 3.63) is 92.8 Å². The van der Waals surface area contributed by atoms with Gasteiger partial charge in [-0.2, -0.15) is 0 Å². The lowest BCUT2D eigenvalue weighted by Gasteiger charge is -2.20. The second-order valence-corrected chi connectivity index (χ2v) is 9.04. The monoisotopic (exact) mass is 480 g/mol. The van der Waals surface area contributed by atoms with Crippen LogP contribution in [0.2, 0.25) is 0 Å². The summed E-state index contributed by atoms with van der Waals surface area (Å²) in [4.78, 5) is 18.2. The van der Waals surface area contributed by atoms with Crippen LogP contribution >= 0.6 is 11.3 Å². The largest absolute Gasteiger partial charge is 0.506 e. The van der Waals surface area contributed by atoms with Crippen LogP contribution in [-0.2, 0) is 19.4 Å². The Morgan fingerprint density at radius 1 is 1.00 bits per heavy atom. The molecule has 0 bridgehead atoms. The number of aromatic amines is 1. The number of nitrogens with one attached hydrogen (secondary N) is 3. The highest BCUT2D eigenvalue weighted by Gasteiger charge is 2.22. The lowest BCUT2D eigenvalue weighted by atomic mass is 10.1. The number of hydrogen-bond donors (Lipinski definition) is 6. The minimum Gasteiger partial charge on any atom is -0.506 e. The zero-order chi connectivity index (χ0) is 23.9. The predicted octanol–water partition coefficient (Wildman–Crippen LogP) is 2.21. The molecule has 0 aliphatic rings. The smallest absolute Gasteiger partial charge is 0.305 e. The molecule has 6 N–H and O–H groups in total. The van der Waals surface area contributed by atoms with Crippen molar-refractivity contribution in [3.8, 4) is 5.75 Å². The van der Waals surface area contributed by atoms with E-state index in [1.807, 2.05) is 30.3 Å². The number of phenolic OH excluding ortho intramolecular Hbond substituents is 1. The van der Waals surface area contributed by atoms with Gasteiger partial charge in [-0.05, 0) is 35.7 Å². The maximum Gasteiger partial charge on any atom is 0.305 e. The second-order valence-electron chi connectivity index (χ2n) is 8.05. The number of benzene rings is 2. The van der Waals surface area contributed by atoms with E-state index < -0.39 is 12.3 Å². The summed E-state index contributed by atoms with van der Waals surface area (Å²) in [7, 11) is 0. The topological polar surface area (TPSA) is 130 Å². The van der Waals surface area contributed by atoms with Crippen LogP contribution in [0.1, 0.15) is 28.5 Å². The number of aromatic hydroxyl groups is 1. The predicted molar refractivity (Wildman–Crippen MR) is 133 cm³/mol. The van der Waals surface area contributed by atoms with E-state index in [0.29, 0.717) is 23.2 Å². The first-order valence-corrected chi connectivity index (χ1v) is 12.0. The van der Waals surface area contributed by atoms with E-state index in [9.17, 15) is 20.1 Å². The fraction of sp³-hybridized carbons (Fsp3) is 0.280. The maximum absolute atomic E-state index is 11.7. The van der Waals surface area contributed by atoms with Gasteiger partial charge in [0.15, 0.2) is 0 Å². The lowest BCUT2D eigenvalue weighted by Crippen LogP contribution is -2.36. The fourth-order valence-electron chi connectivity index (χ4n) is 3.81. The number of aliphatic hydroxyl groups is 2. The highest BCUT2D eigenvalue weighted by molar-refractivity contribution is 7.16. The molecule has 0 spiro atoms. The number of H-pyrrole nitrogens is 1. The average molecular weight is 481 g/mol. The number of hydrogen-bond acceptors (Lipinski definition) is 8. The molecule has 4 rings (SSSR count). The Balaban J connectivity index is 1.26. The fourth-order valence-corrected chi connectivity index (χ4v) is 4.71. The normalized spacial score (nSPS) is 13.2. The van der Waals surface area contributed by atoms with Gasteiger partial charge in [0, 0.05) is 43.5 Å². The van der Waals surface area contributed by atoms with Gasteiger partial charge in [0.2, 0.25) is 0 Å². The number of pyridine rings is 1. The van der Waals surface area contributed by atoms with Crippen molar-refractivity contribution in [3.63, 3.8) is 0 Å².